The predicted molar refractivity (Wildman–Crippen MR) is 115 cm³/mol. The number of benzene rings is 1. The highest BCUT2D eigenvalue weighted by molar-refractivity contribution is 7.14. The number of carbonyl (C=O) groups is 2. The molecule has 4 saturated carbocycles. The zero-order valence-corrected chi connectivity index (χ0v) is 18.0. The first kappa shape index (κ1) is 19.1. The number of nitrogens with one attached hydrogen (secondary N) is 2. The molecule has 1 aliphatic heterocycles. The zero-order valence-electron chi connectivity index (χ0n) is 17.2. The molecule has 8 heteroatoms. The lowest BCUT2D eigenvalue weighted by atomic mass is 9.49. The number of amides is 2. The van der Waals surface area contributed by atoms with Crippen LogP contribution < -0.4 is 20.1 Å². The summed E-state index contributed by atoms with van der Waals surface area (Å²) in [6.45, 7) is 0.0431. The number of fused-ring (bicyclic) bond motifs is 1. The molecule has 0 unspecified atom stereocenters. The first-order valence-corrected chi connectivity index (χ1v) is 11.9. The third-order valence-electron chi connectivity index (χ3n) is 7.38. The maximum absolute atomic E-state index is 12.4. The summed E-state index contributed by atoms with van der Waals surface area (Å²) < 4.78 is 10.5. The Labute approximate surface area is 184 Å². The van der Waals surface area contributed by atoms with Crippen LogP contribution in [0.4, 0.5) is 5.13 Å². The van der Waals surface area contributed by atoms with Gasteiger partial charge in [-0.1, -0.05) is 0 Å². The molecule has 1 aromatic heterocycles. The summed E-state index contributed by atoms with van der Waals surface area (Å²) in [6.07, 6.45) is 7.95. The van der Waals surface area contributed by atoms with Gasteiger partial charge in [-0.25, -0.2) is 4.98 Å². The van der Waals surface area contributed by atoms with Gasteiger partial charge in [-0.05, 0) is 74.5 Å². The number of hydrogen-bond donors (Lipinski definition) is 2. The number of carbonyl (C=O) groups excluding carboxylic acids is 2. The molecule has 2 aromatic rings. The minimum atomic E-state index is -0.332. The molecule has 2 amide bonds. The fraction of sp³-hybridized carbons (Fsp3) is 0.522. The highest BCUT2D eigenvalue weighted by Gasteiger charge is 2.52. The monoisotopic (exact) mass is 439 g/mol. The molecule has 7 nitrogen and oxygen atoms in total. The van der Waals surface area contributed by atoms with Crippen LogP contribution in [0, 0.1) is 17.8 Å². The first-order chi connectivity index (χ1) is 15.1. The molecule has 4 fully saturated rings. The van der Waals surface area contributed by atoms with E-state index < -0.39 is 0 Å². The smallest absolute Gasteiger partial charge is 0.251 e. The largest absolute Gasteiger partial charge is 0.454 e. The van der Waals surface area contributed by atoms with E-state index in [1.54, 1.807) is 18.2 Å². The summed E-state index contributed by atoms with van der Waals surface area (Å²) in [5.41, 5.74) is 1.81. The van der Waals surface area contributed by atoms with E-state index >= 15 is 0 Å². The van der Waals surface area contributed by atoms with Crippen LogP contribution >= 0.6 is 11.3 Å². The summed E-state index contributed by atoms with van der Waals surface area (Å²) >= 11 is 1.48. The van der Waals surface area contributed by atoms with E-state index in [2.05, 4.69) is 16.0 Å². The molecule has 5 aliphatic rings. The van der Waals surface area contributed by atoms with E-state index in [9.17, 15) is 9.59 Å². The summed E-state index contributed by atoms with van der Waals surface area (Å²) in [6, 6.07) is 4.96. The van der Waals surface area contributed by atoms with E-state index in [0.717, 1.165) is 23.4 Å². The highest BCUT2D eigenvalue weighted by Crippen LogP contribution is 2.60. The fourth-order valence-corrected chi connectivity index (χ4v) is 7.31. The average molecular weight is 440 g/mol. The van der Waals surface area contributed by atoms with Gasteiger partial charge in [0.05, 0.1) is 12.2 Å². The SMILES string of the molecule is O=C(CNC(=O)c1ccc2c(c1)OCO2)Nc1nc(C23CC4CC(CC(C4)C2)C3)cs1. The lowest BCUT2D eigenvalue weighted by molar-refractivity contribution is -0.115. The molecular weight excluding hydrogens is 414 g/mol. The van der Waals surface area contributed by atoms with Gasteiger partial charge in [-0.2, -0.15) is 0 Å². The molecule has 162 valence electrons. The van der Waals surface area contributed by atoms with E-state index in [0.29, 0.717) is 22.2 Å². The standard InChI is InChI=1S/C23H25N3O4S/c27-20(10-24-21(28)16-1-2-17-18(6-16)30-12-29-17)26-22-25-19(11-31-22)23-7-13-3-14(8-23)5-15(4-13)9-23/h1-2,6,11,13-15H,3-5,7-10,12H2,(H,24,28)(H,25,26,27). The summed E-state index contributed by atoms with van der Waals surface area (Å²) in [7, 11) is 0. The lowest BCUT2D eigenvalue weighted by Crippen LogP contribution is -2.48. The zero-order chi connectivity index (χ0) is 21.0. The van der Waals surface area contributed by atoms with Crippen molar-refractivity contribution in [3.63, 3.8) is 0 Å². The molecule has 0 radical (unpaired) electrons. The Hall–Kier alpha value is -2.61. The Morgan fingerprint density at radius 3 is 2.52 bits per heavy atom. The van der Waals surface area contributed by atoms with Crippen LogP contribution in [0.1, 0.15) is 54.6 Å². The van der Waals surface area contributed by atoms with Crippen molar-refractivity contribution in [1.82, 2.24) is 10.3 Å². The maximum Gasteiger partial charge on any atom is 0.251 e. The van der Waals surface area contributed by atoms with Crippen LogP contribution in [-0.2, 0) is 10.2 Å². The molecule has 0 saturated heterocycles. The first-order valence-electron chi connectivity index (χ1n) is 11.0. The molecule has 0 spiro atoms. The summed E-state index contributed by atoms with van der Waals surface area (Å²) in [4.78, 5) is 29.6. The van der Waals surface area contributed by atoms with Crippen molar-refractivity contribution in [1.29, 1.82) is 0 Å². The van der Waals surface area contributed by atoms with E-state index in [4.69, 9.17) is 14.5 Å². The Morgan fingerprint density at radius 1 is 1.06 bits per heavy atom. The number of anilines is 1. The van der Waals surface area contributed by atoms with E-state index in [1.165, 1.54) is 49.9 Å². The molecule has 31 heavy (non-hydrogen) atoms. The number of ether oxygens (including phenoxy) is 2. The van der Waals surface area contributed by atoms with Crippen LogP contribution in [0.5, 0.6) is 11.5 Å². The van der Waals surface area contributed by atoms with Gasteiger partial charge in [0.25, 0.3) is 5.91 Å². The van der Waals surface area contributed by atoms with Gasteiger partial charge < -0.3 is 20.1 Å². The van der Waals surface area contributed by atoms with E-state index in [1.807, 2.05) is 0 Å². The number of thiazole rings is 1. The van der Waals surface area contributed by atoms with Crippen LogP contribution in [0.25, 0.3) is 0 Å². The van der Waals surface area contributed by atoms with Crippen LogP contribution in [0.15, 0.2) is 23.6 Å². The fourth-order valence-electron chi connectivity index (χ4n) is 6.46. The van der Waals surface area contributed by atoms with Crippen molar-refractivity contribution >= 4 is 28.3 Å². The Kier molecular flexibility index (Phi) is 4.45. The van der Waals surface area contributed by atoms with Crippen molar-refractivity contribution in [3.8, 4) is 11.5 Å². The number of hydrogen-bond acceptors (Lipinski definition) is 6. The maximum atomic E-state index is 12.4. The van der Waals surface area contributed by atoms with Gasteiger partial charge in [-0.15, -0.1) is 11.3 Å². The third-order valence-corrected chi connectivity index (χ3v) is 8.13. The van der Waals surface area contributed by atoms with Crippen molar-refractivity contribution < 1.29 is 19.1 Å². The number of rotatable bonds is 5. The minimum Gasteiger partial charge on any atom is -0.454 e. The van der Waals surface area contributed by atoms with E-state index in [-0.39, 0.29) is 30.6 Å². The lowest BCUT2D eigenvalue weighted by Gasteiger charge is -2.56. The van der Waals surface area contributed by atoms with Crippen molar-refractivity contribution in [2.24, 2.45) is 17.8 Å². The van der Waals surface area contributed by atoms with Gasteiger partial charge >= 0.3 is 0 Å². The highest BCUT2D eigenvalue weighted by atomic mass is 32.1. The van der Waals surface area contributed by atoms with Crippen molar-refractivity contribution in [3.05, 3.63) is 34.8 Å². The second kappa shape index (κ2) is 7.22. The predicted octanol–water partition coefficient (Wildman–Crippen LogP) is 3.71. The van der Waals surface area contributed by atoms with Gasteiger partial charge in [0.15, 0.2) is 16.6 Å². The molecule has 2 heterocycles. The normalized spacial score (nSPS) is 29.7. The van der Waals surface area contributed by atoms with Gasteiger partial charge in [0, 0.05) is 16.4 Å². The molecule has 1 aromatic carbocycles. The molecule has 4 bridgehead atoms. The van der Waals surface area contributed by atoms with Crippen molar-refractivity contribution in [2.45, 2.75) is 43.9 Å². The third kappa shape index (κ3) is 3.46. The average Bonchev–Trinajstić information content (AvgIpc) is 3.40. The molecule has 2 N–H and O–H groups in total. The van der Waals surface area contributed by atoms with Gasteiger partial charge in [0.2, 0.25) is 12.7 Å². The number of aromatic nitrogens is 1. The quantitative estimate of drug-likeness (QED) is 0.741. The van der Waals surface area contributed by atoms with Gasteiger partial charge in [0.1, 0.15) is 0 Å². The Balaban J connectivity index is 1.07. The Bertz CT molecular complexity index is 1010. The van der Waals surface area contributed by atoms with Crippen LogP contribution in [0.3, 0.4) is 0 Å². The second-order valence-electron chi connectivity index (χ2n) is 9.53. The van der Waals surface area contributed by atoms with Gasteiger partial charge in [-0.3, -0.25) is 9.59 Å². The topological polar surface area (TPSA) is 89.6 Å². The minimum absolute atomic E-state index is 0.112. The Morgan fingerprint density at radius 2 is 1.77 bits per heavy atom. The molecule has 7 rings (SSSR count). The summed E-state index contributed by atoms with van der Waals surface area (Å²) in [5, 5.41) is 8.26. The number of nitrogens with zero attached hydrogens (tertiary/aromatic N) is 1. The molecule has 0 atom stereocenters. The van der Waals surface area contributed by atoms with Crippen LogP contribution in [-0.4, -0.2) is 30.1 Å². The summed E-state index contributed by atoms with van der Waals surface area (Å²) in [5.74, 6) is 3.12. The van der Waals surface area contributed by atoms with Crippen LogP contribution in [0.2, 0.25) is 0 Å². The molecule has 4 aliphatic carbocycles. The molecular formula is C23H25N3O4S. The van der Waals surface area contributed by atoms with Crippen molar-refractivity contribution in [2.75, 3.05) is 18.7 Å². The second-order valence-corrected chi connectivity index (χ2v) is 10.4.